The second kappa shape index (κ2) is 13.7. The van der Waals surface area contributed by atoms with Gasteiger partial charge < -0.3 is 9.80 Å². The first-order valence-electron chi connectivity index (χ1n) is 16.9. The molecule has 1 saturated carbocycles. The van der Waals surface area contributed by atoms with Crippen LogP contribution in [0.4, 0.5) is 0 Å². The Morgan fingerprint density at radius 3 is 2.26 bits per heavy atom. The highest BCUT2D eigenvalue weighted by atomic mass is 32.2. The number of piperidine rings is 1. The van der Waals surface area contributed by atoms with Gasteiger partial charge >= 0.3 is 10.2 Å². The predicted molar refractivity (Wildman–Crippen MR) is 179 cm³/mol. The smallest absolute Gasteiger partial charge is 0.303 e. The number of hydrogen-bond donors (Lipinski definition) is 1. The summed E-state index contributed by atoms with van der Waals surface area (Å²) in [5.74, 6) is -0.0119. The first kappa shape index (κ1) is 32.4. The summed E-state index contributed by atoms with van der Waals surface area (Å²) in [6.07, 6.45) is 9.97. The molecule has 0 aromatic heterocycles. The van der Waals surface area contributed by atoms with Crippen molar-refractivity contribution in [3.8, 4) is 0 Å². The standard InChI is InChI=1S/C36H46N4O5S/c1-38(2)46(44,45)37-36(43)27-15-16-29-31(24-27)30(35(26-12-7-4-8-13-26)34(29)25-10-5-3-6-11-25)17-18-32(41)39-22-19-28(20-23-39)40-21-9-14-33(40)42/h4,7-8,12-13,15-16,24-25,28,30H,3,5-6,9-11,14,17-23H2,1-2H3,(H,37,43). The first-order valence-corrected chi connectivity index (χ1v) is 18.3. The molecule has 10 heteroatoms. The fourth-order valence-electron chi connectivity index (χ4n) is 8.01. The number of allylic oxidation sites excluding steroid dienone is 2. The van der Waals surface area contributed by atoms with E-state index in [1.54, 1.807) is 6.07 Å². The van der Waals surface area contributed by atoms with Crippen molar-refractivity contribution >= 4 is 39.1 Å². The third-order valence-electron chi connectivity index (χ3n) is 10.4. The Labute approximate surface area is 273 Å². The second-order valence-corrected chi connectivity index (χ2v) is 15.3. The number of nitrogens with one attached hydrogen (secondary N) is 1. The molecular formula is C36H46N4O5S. The van der Waals surface area contributed by atoms with Crippen molar-refractivity contribution in [2.75, 3.05) is 33.7 Å². The SMILES string of the molecule is CN(C)S(=O)(=O)NC(=O)c1ccc2c(c1)C(CCC(=O)N1CCC(N3CCCC3=O)CC1)C(c1ccccc1)=C2C1CCCCC1. The largest absolute Gasteiger partial charge is 0.343 e. The zero-order chi connectivity index (χ0) is 32.4. The van der Waals surface area contributed by atoms with Gasteiger partial charge in [-0.1, -0.05) is 55.7 Å². The van der Waals surface area contributed by atoms with Crippen LogP contribution in [0.3, 0.4) is 0 Å². The molecule has 2 aromatic rings. The number of amides is 3. The van der Waals surface area contributed by atoms with Crippen molar-refractivity contribution in [3.63, 3.8) is 0 Å². The summed E-state index contributed by atoms with van der Waals surface area (Å²) < 4.78 is 28.1. The van der Waals surface area contributed by atoms with Gasteiger partial charge in [0.2, 0.25) is 11.8 Å². The molecule has 2 aliphatic heterocycles. The van der Waals surface area contributed by atoms with E-state index < -0.39 is 16.1 Å². The highest BCUT2D eigenvalue weighted by molar-refractivity contribution is 7.87. The summed E-state index contributed by atoms with van der Waals surface area (Å²) >= 11 is 0. The molecule has 0 radical (unpaired) electrons. The van der Waals surface area contributed by atoms with Crippen molar-refractivity contribution in [1.82, 2.24) is 18.8 Å². The van der Waals surface area contributed by atoms with Crippen LogP contribution in [0, 0.1) is 5.92 Å². The Morgan fingerprint density at radius 1 is 0.891 bits per heavy atom. The maximum absolute atomic E-state index is 13.7. The Kier molecular flexibility index (Phi) is 9.66. The van der Waals surface area contributed by atoms with Crippen LogP contribution in [0.2, 0.25) is 0 Å². The minimum Gasteiger partial charge on any atom is -0.343 e. The molecule has 2 heterocycles. The topological polar surface area (TPSA) is 107 Å². The summed E-state index contributed by atoms with van der Waals surface area (Å²) in [6.45, 7) is 2.15. The minimum absolute atomic E-state index is 0.101. The molecule has 1 unspecified atom stereocenters. The Balaban J connectivity index is 1.29. The molecule has 3 amide bonds. The van der Waals surface area contributed by atoms with Crippen molar-refractivity contribution < 1.29 is 22.8 Å². The molecule has 2 aliphatic carbocycles. The lowest BCUT2D eigenvalue weighted by Gasteiger charge is -2.37. The van der Waals surface area contributed by atoms with Gasteiger partial charge in [-0.05, 0) is 84.4 Å². The summed E-state index contributed by atoms with van der Waals surface area (Å²) in [6, 6.07) is 16.2. The van der Waals surface area contributed by atoms with Gasteiger partial charge in [0.25, 0.3) is 5.91 Å². The molecule has 4 aliphatic rings. The van der Waals surface area contributed by atoms with Gasteiger partial charge in [0.1, 0.15) is 0 Å². The summed E-state index contributed by atoms with van der Waals surface area (Å²) in [4.78, 5) is 43.1. The third kappa shape index (κ3) is 6.65. The molecule has 2 saturated heterocycles. The molecule has 46 heavy (non-hydrogen) atoms. The Bertz CT molecular complexity index is 1610. The second-order valence-electron chi connectivity index (χ2n) is 13.4. The van der Waals surface area contributed by atoms with Gasteiger partial charge in [0.15, 0.2) is 0 Å². The fourth-order valence-corrected chi connectivity index (χ4v) is 8.54. The number of rotatable bonds is 9. The van der Waals surface area contributed by atoms with Crippen molar-refractivity contribution in [2.45, 2.75) is 82.6 Å². The number of carbonyl (C=O) groups excluding carboxylic acids is 3. The number of likely N-dealkylation sites (tertiary alicyclic amines) is 2. The molecule has 246 valence electrons. The number of carbonyl (C=O) groups is 3. The van der Waals surface area contributed by atoms with Crippen LogP contribution >= 0.6 is 0 Å². The molecule has 9 nitrogen and oxygen atoms in total. The van der Waals surface area contributed by atoms with E-state index in [2.05, 4.69) is 16.9 Å². The van der Waals surface area contributed by atoms with E-state index in [0.717, 1.165) is 59.6 Å². The fraction of sp³-hybridized carbons (Fsp3) is 0.528. The maximum atomic E-state index is 13.7. The summed E-state index contributed by atoms with van der Waals surface area (Å²) in [5, 5.41) is 0. The van der Waals surface area contributed by atoms with Crippen LogP contribution in [0.15, 0.2) is 48.5 Å². The lowest BCUT2D eigenvalue weighted by Crippen LogP contribution is -2.47. The van der Waals surface area contributed by atoms with E-state index in [-0.39, 0.29) is 29.3 Å². The third-order valence-corrected chi connectivity index (χ3v) is 11.8. The zero-order valence-electron chi connectivity index (χ0n) is 27.0. The molecule has 6 rings (SSSR count). The molecule has 0 bridgehead atoms. The van der Waals surface area contributed by atoms with E-state index in [1.165, 1.54) is 44.5 Å². The normalized spacial score (nSPS) is 21.3. The molecule has 1 N–H and O–H groups in total. The average molecular weight is 647 g/mol. The zero-order valence-corrected chi connectivity index (χ0v) is 27.9. The quantitative estimate of drug-likeness (QED) is 0.403. The van der Waals surface area contributed by atoms with Gasteiger partial charge in [-0.15, -0.1) is 0 Å². The van der Waals surface area contributed by atoms with E-state index in [4.69, 9.17) is 0 Å². The predicted octanol–water partition coefficient (Wildman–Crippen LogP) is 5.20. The summed E-state index contributed by atoms with van der Waals surface area (Å²) in [5.41, 5.74) is 6.09. The van der Waals surface area contributed by atoms with Crippen LogP contribution < -0.4 is 4.72 Å². The highest BCUT2D eigenvalue weighted by Gasteiger charge is 2.38. The molecule has 0 spiro atoms. The number of fused-ring (bicyclic) bond motifs is 1. The number of benzene rings is 2. The lowest BCUT2D eigenvalue weighted by atomic mass is 9.79. The summed E-state index contributed by atoms with van der Waals surface area (Å²) in [7, 11) is -1.19. The van der Waals surface area contributed by atoms with Crippen LogP contribution in [0.5, 0.6) is 0 Å². The van der Waals surface area contributed by atoms with Crippen LogP contribution in [-0.2, 0) is 19.8 Å². The van der Waals surface area contributed by atoms with Crippen LogP contribution in [0.25, 0.3) is 11.1 Å². The molecular weight excluding hydrogens is 600 g/mol. The Hall–Kier alpha value is -3.50. The molecule has 2 aromatic carbocycles. The number of nitrogens with zero attached hydrogens (tertiary/aromatic N) is 3. The van der Waals surface area contributed by atoms with Crippen LogP contribution in [0.1, 0.15) is 104 Å². The van der Waals surface area contributed by atoms with Gasteiger partial charge in [0.05, 0.1) is 0 Å². The number of hydrogen-bond acceptors (Lipinski definition) is 5. The Morgan fingerprint density at radius 2 is 1.61 bits per heavy atom. The van der Waals surface area contributed by atoms with Crippen molar-refractivity contribution in [3.05, 3.63) is 70.8 Å². The van der Waals surface area contributed by atoms with E-state index in [0.29, 0.717) is 38.3 Å². The van der Waals surface area contributed by atoms with E-state index >= 15 is 0 Å². The van der Waals surface area contributed by atoms with Gasteiger partial charge in [-0.3, -0.25) is 14.4 Å². The van der Waals surface area contributed by atoms with Gasteiger partial charge in [-0.25, -0.2) is 4.72 Å². The molecule has 3 fully saturated rings. The van der Waals surface area contributed by atoms with Crippen molar-refractivity contribution in [2.24, 2.45) is 5.92 Å². The maximum Gasteiger partial charge on any atom is 0.303 e. The lowest BCUT2D eigenvalue weighted by molar-refractivity contribution is -0.134. The minimum atomic E-state index is -3.95. The molecule has 1 atom stereocenters. The van der Waals surface area contributed by atoms with E-state index in [9.17, 15) is 22.8 Å². The highest BCUT2D eigenvalue weighted by Crippen LogP contribution is 2.54. The monoisotopic (exact) mass is 646 g/mol. The first-order chi connectivity index (χ1) is 22.1. The van der Waals surface area contributed by atoms with Gasteiger partial charge in [0, 0.05) is 64.1 Å². The average Bonchev–Trinajstić information content (AvgIpc) is 3.64. The van der Waals surface area contributed by atoms with Crippen molar-refractivity contribution in [1.29, 1.82) is 0 Å². The van der Waals surface area contributed by atoms with Gasteiger partial charge in [-0.2, -0.15) is 12.7 Å². The van der Waals surface area contributed by atoms with Crippen LogP contribution in [-0.4, -0.2) is 80.0 Å². The van der Waals surface area contributed by atoms with E-state index in [1.807, 2.05) is 40.1 Å².